The highest BCUT2D eigenvalue weighted by Gasteiger charge is 2.16. The number of nitrogens with one attached hydrogen (secondary N) is 1. The quantitative estimate of drug-likeness (QED) is 0.886. The zero-order valence-corrected chi connectivity index (χ0v) is 11.5. The molecule has 0 spiro atoms. The van der Waals surface area contributed by atoms with E-state index in [1.807, 2.05) is 19.4 Å². The Labute approximate surface area is 110 Å². The van der Waals surface area contributed by atoms with Gasteiger partial charge in [-0.1, -0.05) is 6.92 Å². The third kappa shape index (κ3) is 3.67. The van der Waals surface area contributed by atoms with Crippen LogP contribution in [0.15, 0.2) is 12.4 Å². The molecule has 4 nitrogen and oxygen atoms in total. The molecule has 18 heavy (non-hydrogen) atoms. The Balaban J connectivity index is 1.88. The van der Waals surface area contributed by atoms with Crippen LogP contribution < -0.4 is 5.32 Å². The van der Waals surface area contributed by atoms with Crippen molar-refractivity contribution in [1.82, 2.24) is 14.9 Å². The van der Waals surface area contributed by atoms with Crippen LogP contribution >= 0.6 is 0 Å². The number of hydrogen-bond acceptors (Lipinski definition) is 4. The zero-order valence-electron chi connectivity index (χ0n) is 11.5. The SMILES string of the molecule is CCN1CCC[C@@H](Cc2cnc(NC)cn2)CC1. The molecule has 2 heterocycles. The maximum atomic E-state index is 4.47. The first-order chi connectivity index (χ1) is 8.81. The van der Waals surface area contributed by atoms with E-state index in [2.05, 4.69) is 27.1 Å². The van der Waals surface area contributed by atoms with Crippen LogP contribution in [-0.4, -0.2) is 41.5 Å². The van der Waals surface area contributed by atoms with E-state index in [1.54, 1.807) is 0 Å². The molecule has 4 heteroatoms. The zero-order chi connectivity index (χ0) is 12.8. The van der Waals surface area contributed by atoms with Gasteiger partial charge in [0.15, 0.2) is 0 Å². The molecule has 1 saturated heterocycles. The molecule has 1 aromatic heterocycles. The summed E-state index contributed by atoms with van der Waals surface area (Å²) in [5, 5.41) is 3.00. The topological polar surface area (TPSA) is 41.1 Å². The average Bonchev–Trinajstić information content (AvgIpc) is 2.65. The van der Waals surface area contributed by atoms with Gasteiger partial charge in [-0.2, -0.15) is 0 Å². The second kappa shape index (κ2) is 6.69. The molecule has 0 unspecified atom stereocenters. The van der Waals surface area contributed by atoms with Crippen LogP contribution in [0.5, 0.6) is 0 Å². The summed E-state index contributed by atoms with van der Waals surface area (Å²) >= 11 is 0. The highest BCUT2D eigenvalue weighted by Crippen LogP contribution is 2.20. The summed E-state index contributed by atoms with van der Waals surface area (Å²) in [5.74, 6) is 1.62. The molecule has 1 aromatic rings. The summed E-state index contributed by atoms with van der Waals surface area (Å²) in [6.07, 6.45) is 8.75. The molecule has 0 amide bonds. The summed E-state index contributed by atoms with van der Waals surface area (Å²) in [5.41, 5.74) is 1.13. The van der Waals surface area contributed by atoms with E-state index in [4.69, 9.17) is 0 Å². The van der Waals surface area contributed by atoms with Crippen LogP contribution in [0.1, 0.15) is 31.9 Å². The van der Waals surface area contributed by atoms with Crippen LogP contribution in [0.25, 0.3) is 0 Å². The molecule has 0 aromatic carbocycles. The van der Waals surface area contributed by atoms with Gasteiger partial charge < -0.3 is 10.2 Å². The van der Waals surface area contributed by atoms with Gasteiger partial charge in [0, 0.05) is 7.05 Å². The van der Waals surface area contributed by atoms with Crippen molar-refractivity contribution in [3.8, 4) is 0 Å². The molecule has 1 N–H and O–H groups in total. The minimum absolute atomic E-state index is 0.774. The molecule has 1 aliphatic rings. The lowest BCUT2D eigenvalue weighted by molar-refractivity contribution is 0.295. The van der Waals surface area contributed by atoms with Crippen LogP contribution in [0.3, 0.4) is 0 Å². The Morgan fingerprint density at radius 3 is 2.83 bits per heavy atom. The van der Waals surface area contributed by atoms with Gasteiger partial charge in [0.05, 0.1) is 18.1 Å². The molecule has 1 atom stereocenters. The van der Waals surface area contributed by atoms with E-state index >= 15 is 0 Å². The minimum atomic E-state index is 0.774. The summed E-state index contributed by atoms with van der Waals surface area (Å²) in [6, 6.07) is 0. The first kappa shape index (κ1) is 13.3. The smallest absolute Gasteiger partial charge is 0.144 e. The van der Waals surface area contributed by atoms with Crippen molar-refractivity contribution in [2.45, 2.75) is 32.6 Å². The summed E-state index contributed by atoms with van der Waals surface area (Å²) < 4.78 is 0. The Morgan fingerprint density at radius 1 is 1.28 bits per heavy atom. The maximum Gasteiger partial charge on any atom is 0.144 e. The van der Waals surface area contributed by atoms with Crippen molar-refractivity contribution in [2.75, 3.05) is 32.0 Å². The Morgan fingerprint density at radius 2 is 2.17 bits per heavy atom. The first-order valence-corrected chi connectivity index (χ1v) is 7.03. The van der Waals surface area contributed by atoms with Gasteiger partial charge in [0.2, 0.25) is 0 Å². The third-order valence-corrected chi connectivity index (χ3v) is 3.85. The summed E-state index contributed by atoms with van der Waals surface area (Å²) in [6.45, 7) is 5.94. The van der Waals surface area contributed by atoms with Crippen LogP contribution in [0.2, 0.25) is 0 Å². The van der Waals surface area contributed by atoms with Gasteiger partial charge in [0.1, 0.15) is 5.82 Å². The number of anilines is 1. The van der Waals surface area contributed by atoms with Crippen molar-refractivity contribution in [1.29, 1.82) is 0 Å². The fourth-order valence-corrected chi connectivity index (χ4v) is 2.63. The summed E-state index contributed by atoms with van der Waals surface area (Å²) in [4.78, 5) is 11.4. The van der Waals surface area contributed by atoms with Gasteiger partial charge in [-0.05, 0) is 51.2 Å². The molecule has 0 bridgehead atoms. The second-order valence-corrected chi connectivity index (χ2v) is 5.08. The Bertz CT molecular complexity index is 349. The molecule has 0 saturated carbocycles. The van der Waals surface area contributed by atoms with Gasteiger partial charge in [0.25, 0.3) is 0 Å². The lowest BCUT2D eigenvalue weighted by Gasteiger charge is -2.17. The lowest BCUT2D eigenvalue weighted by atomic mass is 9.95. The number of likely N-dealkylation sites (tertiary alicyclic amines) is 1. The number of rotatable bonds is 4. The molecular formula is C14H24N4. The van der Waals surface area contributed by atoms with E-state index in [1.165, 1.54) is 38.9 Å². The van der Waals surface area contributed by atoms with Gasteiger partial charge >= 0.3 is 0 Å². The molecule has 2 rings (SSSR count). The molecule has 0 radical (unpaired) electrons. The van der Waals surface area contributed by atoms with Crippen LogP contribution in [0.4, 0.5) is 5.82 Å². The highest BCUT2D eigenvalue weighted by atomic mass is 15.1. The van der Waals surface area contributed by atoms with E-state index < -0.39 is 0 Å². The molecule has 1 aliphatic heterocycles. The monoisotopic (exact) mass is 248 g/mol. The van der Waals surface area contributed by atoms with Crippen molar-refractivity contribution in [3.63, 3.8) is 0 Å². The Hall–Kier alpha value is -1.16. The predicted octanol–water partition coefficient (Wildman–Crippen LogP) is 2.18. The first-order valence-electron chi connectivity index (χ1n) is 7.03. The fourth-order valence-electron chi connectivity index (χ4n) is 2.63. The molecule has 100 valence electrons. The largest absolute Gasteiger partial charge is 0.372 e. The van der Waals surface area contributed by atoms with Crippen molar-refractivity contribution < 1.29 is 0 Å². The van der Waals surface area contributed by atoms with Crippen molar-refractivity contribution >= 4 is 5.82 Å². The maximum absolute atomic E-state index is 4.47. The van der Waals surface area contributed by atoms with E-state index in [9.17, 15) is 0 Å². The van der Waals surface area contributed by atoms with Crippen molar-refractivity contribution in [3.05, 3.63) is 18.1 Å². The van der Waals surface area contributed by atoms with E-state index in [0.717, 1.165) is 23.9 Å². The van der Waals surface area contributed by atoms with E-state index in [-0.39, 0.29) is 0 Å². The standard InChI is InChI=1S/C14H24N4/c1-3-18-7-4-5-12(6-8-18)9-13-10-17-14(15-2)11-16-13/h10-12H,3-9H2,1-2H3,(H,15,17)/t12-/m1/s1. The highest BCUT2D eigenvalue weighted by molar-refractivity contribution is 5.29. The van der Waals surface area contributed by atoms with Crippen LogP contribution in [-0.2, 0) is 6.42 Å². The normalized spacial score (nSPS) is 21.6. The lowest BCUT2D eigenvalue weighted by Crippen LogP contribution is -2.24. The van der Waals surface area contributed by atoms with Crippen LogP contribution in [0, 0.1) is 5.92 Å². The van der Waals surface area contributed by atoms with Gasteiger partial charge in [-0.3, -0.25) is 4.98 Å². The van der Waals surface area contributed by atoms with Gasteiger partial charge in [-0.15, -0.1) is 0 Å². The molecule has 0 aliphatic carbocycles. The minimum Gasteiger partial charge on any atom is -0.372 e. The van der Waals surface area contributed by atoms with E-state index in [0.29, 0.717) is 0 Å². The van der Waals surface area contributed by atoms with Gasteiger partial charge in [-0.25, -0.2) is 4.98 Å². The number of nitrogens with zero attached hydrogens (tertiary/aromatic N) is 3. The number of hydrogen-bond donors (Lipinski definition) is 1. The Kier molecular flexibility index (Phi) is 4.93. The molecule has 1 fully saturated rings. The predicted molar refractivity (Wildman–Crippen MR) is 74.7 cm³/mol. The fraction of sp³-hybridized carbons (Fsp3) is 0.714. The third-order valence-electron chi connectivity index (χ3n) is 3.85. The number of aromatic nitrogens is 2. The van der Waals surface area contributed by atoms with Crippen molar-refractivity contribution in [2.24, 2.45) is 5.92 Å². The average molecular weight is 248 g/mol. The summed E-state index contributed by atoms with van der Waals surface area (Å²) in [7, 11) is 1.87. The second-order valence-electron chi connectivity index (χ2n) is 5.08. The molecular weight excluding hydrogens is 224 g/mol.